The summed E-state index contributed by atoms with van der Waals surface area (Å²) in [6.45, 7) is 5.33. The lowest BCUT2D eigenvalue weighted by atomic mass is 9.90. The van der Waals surface area contributed by atoms with Crippen LogP contribution in [0.25, 0.3) is 0 Å². The van der Waals surface area contributed by atoms with Gasteiger partial charge in [0.05, 0.1) is 12.5 Å². The van der Waals surface area contributed by atoms with E-state index in [9.17, 15) is 14.4 Å². The molecule has 210 valence electrons. The van der Waals surface area contributed by atoms with Crippen molar-refractivity contribution in [3.8, 4) is 0 Å². The quantitative estimate of drug-likeness (QED) is 0.332. The number of thiophene rings is 1. The summed E-state index contributed by atoms with van der Waals surface area (Å²) in [5, 5.41) is 8.26. The zero-order valence-electron chi connectivity index (χ0n) is 22.5. The Bertz CT molecular complexity index is 938. The van der Waals surface area contributed by atoms with E-state index in [2.05, 4.69) is 14.9 Å². The molecule has 3 saturated heterocycles. The molecule has 3 aliphatic heterocycles. The highest BCUT2D eigenvalue weighted by molar-refractivity contribution is 7.97. The number of hydrogen-bond donors (Lipinski definition) is 2. The van der Waals surface area contributed by atoms with Crippen LogP contribution in [0.2, 0.25) is 0 Å². The van der Waals surface area contributed by atoms with Gasteiger partial charge in [0.25, 0.3) is 0 Å². The van der Waals surface area contributed by atoms with Crippen molar-refractivity contribution < 1.29 is 14.4 Å². The number of piperidine rings is 2. The van der Waals surface area contributed by atoms with Crippen molar-refractivity contribution in [2.75, 3.05) is 45.0 Å². The molecule has 0 radical (unpaired) electrons. The summed E-state index contributed by atoms with van der Waals surface area (Å²) < 4.78 is 2.44. The molecule has 5 rings (SSSR count). The third kappa shape index (κ3) is 7.45. The van der Waals surface area contributed by atoms with E-state index >= 15 is 0 Å². The van der Waals surface area contributed by atoms with Crippen molar-refractivity contribution in [3.63, 3.8) is 0 Å². The van der Waals surface area contributed by atoms with Gasteiger partial charge in [-0.15, -0.1) is 11.3 Å². The van der Waals surface area contributed by atoms with Gasteiger partial charge in [0.1, 0.15) is 0 Å². The second kappa shape index (κ2) is 13.0. The van der Waals surface area contributed by atoms with Crippen LogP contribution in [0.15, 0.2) is 17.5 Å². The monoisotopic (exact) mass is 561 g/mol. The molecule has 2 N–H and O–H groups in total. The number of carbonyl (C=O) groups excluding carboxylic acids is 3. The van der Waals surface area contributed by atoms with E-state index < -0.39 is 5.92 Å². The van der Waals surface area contributed by atoms with Crippen LogP contribution < -0.4 is 10.6 Å². The molecule has 1 aromatic rings. The van der Waals surface area contributed by atoms with Gasteiger partial charge in [-0.25, -0.2) is 4.79 Å². The van der Waals surface area contributed by atoms with Gasteiger partial charge in [-0.1, -0.05) is 24.4 Å². The number of carbonyl (C=O) groups is 3. The smallest absolute Gasteiger partial charge is 0.317 e. The van der Waals surface area contributed by atoms with Crippen molar-refractivity contribution in [3.05, 3.63) is 22.4 Å². The average Bonchev–Trinajstić information content (AvgIpc) is 3.30. The first kappa shape index (κ1) is 27.8. The Morgan fingerprint density at radius 2 is 1.84 bits per heavy atom. The van der Waals surface area contributed by atoms with E-state index in [0.717, 1.165) is 56.6 Å². The molecular weight excluding hydrogens is 518 g/mol. The van der Waals surface area contributed by atoms with Gasteiger partial charge in [-0.2, -0.15) is 0 Å². The predicted octanol–water partition coefficient (Wildman–Crippen LogP) is 4.08. The van der Waals surface area contributed by atoms with Gasteiger partial charge in [0, 0.05) is 62.4 Å². The SMILES string of the molecule is O=C(NCc1cccs1)[C@H]1CN(C(=O)CCCCCN2CCCS2)CC[C@H]1NC(=O)N1CCC2(CC1)CC2. The maximum absolute atomic E-state index is 13.3. The first-order chi connectivity index (χ1) is 18.5. The summed E-state index contributed by atoms with van der Waals surface area (Å²) in [5.41, 5.74) is 0.514. The summed E-state index contributed by atoms with van der Waals surface area (Å²) in [6.07, 6.45) is 10.3. The van der Waals surface area contributed by atoms with Crippen LogP contribution in [0, 0.1) is 11.3 Å². The van der Waals surface area contributed by atoms with E-state index in [4.69, 9.17) is 0 Å². The van der Waals surface area contributed by atoms with Crippen LogP contribution in [0.5, 0.6) is 0 Å². The Morgan fingerprint density at radius 1 is 1.00 bits per heavy atom. The topological polar surface area (TPSA) is 85.0 Å². The molecule has 4 heterocycles. The van der Waals surface area contributed by atoms with Crippen molar-refractivity contribution in [1.82, 2.24) is 24.7 Å². The van der Waals surface area contributed by atoms with Crippen molar-refractivity contribution in [2.24, 2.45) is 11.3 Å². The van der Waals surface area contributed by atoms with E-state index in [1.807, 2.05) is 39.3 Å². The fourth-order valence-corrected chi connectivity index (χ4v) is 7.70. The van der Waals surface area contributed by atoms with Gasteiger partial charge in [-0.05, 0) is 68.2 Å². The fraction of sp³-hybridized carbons (Fsp3) is 0.750. The summed E-state index contributed by atoms with van der Waals surface area (Å²) in [6, 6.07) is 3.67. The zero-order chi connectivity index (χ0) is 26.4. The third-order valence-electron chi connectivity index (χ3n) is 8.82. The van der Waals surface area contributed by atoms with Crippen LogP contribution >= 0.6 is 23.3 Å². The molecular formula is C28H43N5O3S2. The Morgan fingerprint density at radius 3 is 2.55 bits per heavy atom. The van der Waals surface area contributed by atoms with E-state index in [1.54, 1.807) is 11.3 Å². The lowest BCUT2D eigenvalue weighted by molar-refractivity contribution is -0.136. The summed E-state index contributed by atoms with van der Waals surface area (Å²) >= 11 is 3.55. The molecule has 10 heteroatoms. The minimum atomic E-state index is -0.441. The number of nitrogens with one attached hydrogen (secondary N) is 2. The molecule has 1 spiro atoms. The highest BCUT2D eigenvalue weighted by Crippen LogP contribution is 2.53. The average molecular weight is 562 g/mol. The van der Waals surface area contributed by atoms with Crippen LogP contribution in [0.1, 0.15) is 69.1 Å². The van der Waals surface area contributed by atoms with Crippen LogP contribution in [0.4, 0.5) is 4.79 Å². The third-order valence-corrected chi connectivity index (χ3v) is 10.9. The normalized spacial score (nSPS) is 24.9. The molecule has 4 amide bonds. The Labute approximate surface area is 235 Å². The van der Waals surface area contributed by atoms with Crippen LogP contribution in [-0.2, 0) is 16.1 Å². The number of rotatable bonds is 10. The van der Waals surface area contributed by atoms with Gasteiger partial charge in [0.2, 0.25) is 11.8 Å². The summed E-state index contributed by atoms with van der Waals surface area (Å²) in [4.78, 5) is 44.4. The number of unbranched alkanes of at least 4 members (excludes halogenated alkanes) is 2. The molecule has 1 aliphatic carbocycles. The zero-order valence-corrected chi connectivity index (χ0v) is 24.1. The lowest BCUT2D eigenvalue weighted by Crippen LogP contribution is -2.59. The molecule has 0 bridgehead atoms. The highest BCUT2D eigenvalue weighted by atomic mass is 32.2. The molecule has 2 atom stereocenters. The molecule has 0 aromatic carbocycles. The second-order valence-corrected chi connectivity index (χ2v) is 13.7. The number of hydrogen-bond acceptors (Lipinski definition) is 6. The standard InChI is InChI=1S/C28H43N5O3S2/c34-25(7-2-1-3-13-33-14-5-19-38-33)32-15-8-24(23(21-32)26(35)29-20-22-6-4-18-37-22)30-27(36)31-16-11-28(9-10-28)12-17-31/h4,6,18,23-24H,1-3,5,7-17,19-21H2,(H,29,35)(H,30,36)/t23-,24+/m0/s1. The second-order valence-electron chi connectivity index (χ2n) is 11.5. The first-order valence-corrected chi connectivity index (χ1v) is 16.3. The Balaban J connectivity index is 1.12. The molecule has 8 nitrogen and oxygen atoms in total. The summed E-state index contributed by atoms with van der Waals surface area (Å²) in [5.74, 6) is 0.839. The largest absolute Gasteiger partial charge is 0.351 e. The molecule has 38 heavy (non-hydrogen) atoms. The maximum atomic E-state index is 13.3. The number of amides is 4. The molecule has 1 saturated carbocycles. The number of nitrogens with zero attached hydrogens (tertiary/aromatic N) is 3. The number of likely N-dealkylation sites (tertiary alicyclic amines) is 2. The molecule has 1 aromatic heterocycles. The molecule has 0 unspecified atom stereocenters. The molecule has 4 fully saturated rings. The van der Waals surface area contributed by atoms with E-state index in [-0.39, 0.29) is 23.9 Å². The minimum Gasteiger partial charge on any atom is -0.351 e. The predicted molar refractivity (Wildman–Crippen MR) is 153 cm³/mol. The van der Waals surface area contributed by atoms with Crippen LogP contribution in [0.3, 0.4) is 0 Å². The van der Waals surface area contributed by atoms with Gasteiger partial charge < -0.3 is 20.4 Å². The number of urea groups is 1. The molecule has 4 aliphatic rings. The van der Waals surface area contributed by atoms with Crippen molar-refractivity contribution in [2.45, 2.75) is 76.8 Å². The van der Waals surface area contributed by atoms with Crippen molar-refractivity contribution >= 4 is 41.1 Å². The van der Waals surface area contributed by atoms with Crippen molar-refractivity contribution in [1.29, 1.82) is 0 Å². The fourth-order valence-electron chi connectivity index (χ4n) is 6.02. The van der Waals surface area contributed by atoms with Gasteiger partial charge >= 0.3 is 6.03 Å². The minimum absolute atomic E-state index is 0.0579. The highest BCUT2D eigenvalue weighted by Gasteiger charge is 2.45. The van der Waals surface area contributed by atoms with Gasteiger partial charge in [-0.3, -0.25) is 13.9 Å². The maximum Gasteiger partial charge on any atom is 0.317 e. The Kier molecular flexibility index (Phi) is 9.54. The van der Waals surface area contributed by atoms with E-state index in [0.29, 0.717) is 37.9 Å². The van der Waals surface area contributed by atoms with E-state index in [1.165, 1.54) is 31.6 Å². The van der Waals surface area contributed by atoms with Gasteiger partial charge in [0.15, 0.2) is 0 Å². The lowest BCUT2D eigenvalue weighted by Gasteiger charge is -2.40. The first-order valence-electron chi connectivity index (χ1n) is 14.5. The Hall–Kier alpha value is -1.78. The van der Waals surface area contributed by atoms with Crippen LogP contribution in [-0.4, -0.2) is 83.0 Å². The summed E-state index contributed by atoms with van der Waals surface area (Å²) in [7, 11) is 0.